The fourth-order valence-electron chi connectivity index (χ4n) is 1.14. The molecule has 0 aliphatic rings. The molecule has 1 aromatic carbocycles. The lowest BCUT2D eigenvalue weighted by atomic mass is 10.2. The minimum absolute atomic E-state index is 0.0602. The fourth-order valence-corrected chi connectivity index (χ4v) is 1.45. The van der Waals surface area contributed by atoms with Crippen molar-refractivity contribution in [2.75, 3.05) is 0 Å². The number of alkyl halides is 1. The largest absolute Gasteiger partial charge is 0.459 e. The van der Waals surface area contributed by atoms with Crippen LogP contribution >= 0.6 is 22.6 Å². The number of hydrogen-bond acceptors (Lipinski definition) is 2. The van der Waals surface area contributed by atoms with E-state index in [1.54, 1.807) is 0 Å². The van der Waals surface area contributed by atoms with Crippen LogP contribution in [-0.4, -0.2) is 0 Å². The van der Waals surface area contributed by atoms with Crippen LogP contribution in [0.1, 0.15) is 9.81 Å². The van der Waals surface area contributed by atoms with E-state index in [2.05, 4.69) is 22.6 Å². The van der Waals surface area contributed by atoms with Gasteiger partial charge in [-0.25, -0.2) is 0 Å². The topological polar surface area (TPSA) is 39.2 Å². The lowest BCUT2D eigenvalue weighted by Crippen LogP contribution is -1.98. The zero-order valence-electron chi connectivity index (χ0n) is 6.33. The smallest absolute Gasteiger partial charge is 0.134 e. The third kappa shape index (κ3) is 1.34. The van der Waals surface area contributed by atoms with Gasteiger partial charge in [0.2, 0.25) is 0 Å². The average Bonchev–Trinajstić information content (AvgIpc) is 2.46. The predicted molar refractivity (Wildman–Crippen MR) is 57.2 cm³/mol. The molecule has 0 aliphatic carbocycles. The summed E-state index contributed by atoms with van der Waals surface area (Å²) in [5.41, 5.74) is 6.57. The molecule has 2 N–H and O–H groups in total. The molecule has 0 fully saturated rings. The summed E-state index contributed by atoms with van der Waals surface area (Å²) >= 11 is 2.13. The summed E-state index contributed by atoms with van der Waals surface area (Å²) < 4.78 is 5.44. The molecule has 0 spiro atoms. The van der Waals surface area contributed by atoms with E-state index in [0.717, 1.165) is 16.7 Å². The normalized spacial score (nSPS) is 13.5. The van der Waals surface area contributed by atoms with Crippen LogP contribution in [0.25, 0.3) is 11.0 Å². The number of benzene rings is 1. The molecule has 1 unspecified atom stereocenters. The number of halogens is 1. The highest BCUT2D eigenvalue weighted by atomic mass is 127. The molecule has 0 aliphatic heterocycles. The van der Waals surface area contributed by atoms with Gasteiger partial charge in [-0.2, -0.15) is 0 Å². The monoisotopic (exact) mass is 273 g/mol. The van der Waals surface area contributed by atoms with Crippen molar-refractivity contribution in [1.29, 1.82) is 0 Å². The molecular weight excluding hydrogens is 265 g/mol. The molecule has 1 atom stereocenters. The molecular formula is C9H8INO. The summed E-state index contributed by atoms with van der Waals surface area (Å²) in [4.78, 5) is 0. The van der Waals surface area contributed by atoms with Crippen molar-refractivity contribution < 1.29 is 4.42 Å². The van der Waals surface area contributed by atoms with Crippen LogP contribution in [0.2, 0.25) is 0 Å². The first-order valence-corrected chi connectivity index (χ1v) is 4.90. The minimum atomic E-state index is -0.0602. The third-order valence-electron chi connectivity index (χ3n) is 1.72. The van der Waals surface area contributed by atoms with Gasteiger partial charge in [-0.15, -0.1) is 0 Å². The minimum Gasteiger partial charge on any atom is -0.459 e. The Morgan fingerprint density at radius 2 is 2.08 bits per heavy atom. The van der Waals surface area contributed by atoms with E-state index in [1.165, 1.54) is 0 Å². The summed E-state index contributed by atoms with van der Waals surface area (Å²) in [6.07, 6.45) is 0. The van der Waals surface area contributed by atoms with Crippen molar-refractivity contribution in [1.82, 2.24) is 0 Å². The fraction of sp³-hybridized carbons (Fsp3) is 0.111. The molecule has 2 nitrogen and oxygen atoms in total. The van der Waals surface area contributed by atoms with E-state index in [4.69, 9.17) is 10.2 Å². The molecule has 2 aromatic rings. The number of para-hydroxylation sites is 1. The Kier molecular flexibility index (Phi) is 2.06. The second-order valence-electron chi connectivity index (χ2n) is 2.59. The highest BCUT2D eigenvalue weighted by Crippen LogP contribution is 2.25. The van der Waals surface area contributed by atoms with Crippen molar-refractivity contribution >= 4 is 33.6 Å². The first-order chi connectivity index (χ1) is 5.77. The maximum atomic E-state index is 5.67. The van der Waals surface area contributed by atoms with Crippen LogP contribution in [0.5, 0.6) is 0 Å². The number of rotatable bonds is 1. The highest BCUT2D eigenvalue weighted by Gasteiger charge is 2.06. The Bertz CT molecular complexity index is 361. The number of fused-ring (bicyclic) bond motifs is 1. The SMILES string of the molecule is NC(I)c1cc2ccccc2o1. The average molecular weight is 273 g/mol. The van der Waals surface area contributed by atoms with Gasteiger partial charge in [-0.3, -0.25) is 0 Å². The first-order valence-electron chi connectivity index (χ1n) is 3.65. The van der Waals surface area contributed by atoms with E-state index in [0.29, 0.717) is 0 Å². The van der Waals surface area contributed by atoms with Gasteiger partial charge in [0.15, 0.2) is 0 Å². The Morgan fingerprint density at radius 3 is 2.75 bits per heavy atom. The maximum Gasteiger partial charge on any atom is 0.134 e. The van der Waals surface area contributed by atoms with Gasteiger partial charge < -0.3 is 10.2 Å². The highest BCUT2D eigenvalue weighted by molar-refractivity contribution is 14.1. The quantitative estimate of drug-likeness (QED) is 0.493. The Labute approximate surface area is 83.9 Å². The molecule has 0 bridgehead atoms. The zero-order chi connectivity index (χ0) is 8.55. The van der Waals surface area contributed by atoms with Crippen molar-refractivity contribution in [2.45, 2.75) is 4.05 Å². The van der Waals surface area contributed by atoms with Crippen LogP contribution in [0.15, 0.2) is 34.7 Å². The second kappa shape index (κ2) is 3.06. The van der Waals surface area contributed by atoms with Crippen molar-refractivity contribution in [3.63, 3.8) is 0 Å². The lowest BCUT2D eigenvalue weighted by molar-refractivity contribution is 0.554. The standard InChI is InChI=1S/C9H8INO/c10-9(11)8-5-6-3-1-2-4-7(6)12-8/h1-5,9H,11H2. The predicted octanol–water partition coefficient (Wildman–Crippen LogP) is 2.83. The van der Waals surface area contributed by atoms with Crippen LogP contribution in [0.4, 0.5) is 0 Å². The summed E-state index contributed by atoms with van der Waals surface area (Å²) in [5, 5.41) is 1.11. The summed E-state index contributed by atoms with van der Waals surface area (Å²) in [5.74, 6) is 0.830. The molecule has 12 heavy (non-hydrogen) atoms. The van der Waals surface area contributed by atoms with Gasteiger partial charge in [0.05, 0.1) is 0 Å². The van der Waals surface area contributed by atoms with E-state index in [9.17, 15) is 0 Å². The second-order valence-corrected chi connectivity index (χ2v) is 3.93. The van der Waals surface area contributed by atoms with E-state index in [1.807, 2.05) is 30.3 Å². The Balaban J connectivity index is 2.62. The van der Waals surface area contributed by atoms with Gasteiger partial charge >= 0.3 is 0 Å². The molecule has 62 valence electrons. The number of nitrogens with two attached hydrogens (primary N) is 1. The third-order valence-corrected chi connectivity index (χ3v) is 2.33. The Morgan fingerprint density at radius 1 is 1.33 bits per heavy atom. The molecule has 0 saturated carbocycles. The van der Waals surface area contributed by atoms with Crippen LogP contribution in [0, 0.1) is 0 Å². The maximum absolute atomic E-state index is 5.67. The van der Waals surface area contributed by atoms with Gasteiger partial charge in [0.1, 0.15) is 15.4 Å². The lowest BCUT2D eigenvalue weighted by Gasteiger charge is -1.94. The number of furan rings is 1. The molecule has 0 radical (unpaired) electrons. The van der Waals surface area contributed by atoms with Gasteiger partial charge in [0.25, 0.3) is 0 Å². The summed E-state index contributed by atoms with van der Waals surface area (Å²) in [6.45, 7) is 0. The molecule has 3 heteroatoms. The van der Waals surface area contributed by atoms with Gasteiger partial charge in [-0.05, 0) is 12.1 Å². The van der Waals surface area contributed by atoms with E-state index >= 15 is 0 Å². The van der Waals surface area contributed by atoms with E-state index in [-0.39, 0.29) is 4.05 Å². The van der Waals surface area contributed by atoms with Gasteiger partial charge in [-0.1, -0.05) is 40.8 Å². The molecule has 1 aromatic heterocycles. The number of hydrogen-bond donors (Lipinski definition) is 1. The van der Waals surface area contributed by atoms with Crippen molar-refractivity contribution in [3.05, 3.63) is 36.1 Å². The molecule has 0 amide bonds. The molecule has 0 saturated heterocycles. The van der Waals surface area contributed by atoms with Crippen LogP contribution < -0.4 is 5.73 Å². The van der Waals surface area contributed by atoms with Gasteiger partial charge in [0, 0.05) is 5.39 Å². The van der Waals surface area contributed by atoms with Crippen molar-refractivity contribution in [3.8, 4) is 0 Å². The zero-order valence-corrected chi connectivity index (χ0v) is 8.49. The van der Waals surface area contributed by atoms with Crippen LogP contribution in [0.3, 0.4) is 0 Å². The van der Waals surface area contributed by atoms with Crippen molar-refractivity contribution in [2.24, 2.45) is 5.73 Å². The van der Waals surface area contributed by atoms with Crippen LogP contribution in [-0.2, 0) is 0 Å². The molecule has 1 heterocycles. The molecule has 2 rings (SSSR count). The summed E-state index contributed by atoms with van der Waals surface area (Å²) in [6, 6.07) is 9.88. The summed E-state index contributed by atoms with van der Waals surface area (Å²) in [7, 11) is 0. The Hall–Kier alpha value is -0.550. The first kappa shape index (κ1) is 8.07. The van der Waals surface area contributed by atoms with E-state index < -0.39 is 0 Å².